The topological polar surface area (TPSA) is 37.9 Å². The molecule has 0 aliphatic rings. The molecule has 0 radical (unpaired) electrons. The quantitative estimate of drug-likeness (QED) is 0.538. The SMILES string of the molecule is C(=Cc1ccc2ccccc2n1)c1ccc(Oc2ccc[nH]2)cc1. The lowest BCUT2D eigenvalue weighted by Gasteiger charge is -2.03. The zero-order valence-electron chi connectivity index (χ0n) is 13.0. The first-order valence-electron chi connectivity index (χ1n) is 7.82. The van der Waals surface area contributed by atoms with Crippen molar-refractivity contribution in [2.24, 2.45) is 0 Å². The molecule has 0 unspecified atom stereocenters. The number of nitrogens with zero attached hydrogens (tertiary/aromatic N) is 1. The van der Waals surface area contributed by atoms with Gasteiger partial charge in [0.15, 0.2) is 5.88 Å². The average molecular weight is 312 g/mol. The maximum Gasteiger partial charge on any atom is 0.197 e. The maximum atomic E-state index is 5.69. The molecule has 0 spiro atoms. The molecule has 4 rings (SSSR count). The van der Waals surface area contributed by atoms with E-state index < -0.39 is 0 Å². The molecule has 3 nitrogen and oxygen atoms in total. The molecular formula is C21H16N2O. The Morgan fingerprint density at radius 1 is 0.792 bits per heavy atom. The van der Waals surface area contributed by atoms with Gasteiger partial charge in [0.25, 0.3) is 0 Å². The molecule has 0 aliphatic carbocycles. The van der Waals surface area contributed by atoms with E-state index in [-0.39, 0.29) is 0 Å². The molecule has 2 aromatic carbocycles. The van der Waals surface area contributed by atoms with Crippen molar-refractivity contribution >= 4 is 23.1 Å². The first kappa shape index (κ1) is 14.3. The van der Waals surface area contributed by atoms with Gasteiger partial charge in [0, 0.05) is 17.6 Å². The molecular weight excluding hydrogens is 296 g/mol. The minimum absolute atomic E-state index is 0.735. The van der Waals surface area contributed by atoms with Crippen LogP contribution in [-0.4, -0.2) is 9.97 Å². The second-order valence-electron chi connectivity index (χ2n) is 5.47. The van der Waals surface area contributed by atoms with Crippen LogP contribution in [0.1, 0.15) is 11.3 Å². The van der Waals surface area contributed by atoms with E-state index in [2.05, 4.69) is 28.2 Å². The van der Waals surface area contributed by atoms with Gasteiger partial charge < -0.3 is 9.72 Å². The van der Waals surface area contributed by atoms with Crippen LogP contribution >= 0.6 is 0 Å². The number of benzene rings is 2. The van der Waals surface area contributed by atoms with Crippen molar-refractivity contribution in [2.75, 3.05) is 0 Å². The zero-order valence-corrected chi connectivity index (χ0v) is 13.0. The number of H-pyrrole nitrogens is 1. The van der Waals surface area contributed by atoms with E-state index in [4.69, 9.17) is 4.74 Å². The maximum absolute atomic E-state index is 5.69. The van der Waals surface area contributed by atoms with Gasteiger partial charge >= 0.3 is 0 Å². The molecule has 2 aromatic heterocycles. The Kier molecular flexibility index (Phi) is 3.82. The predicted octanol–water partition coefficient (Wildman–Crippen LogP) is 5.53. The average Bonchev–Trinajstić information content (AvgIpc) is 3.14. The van der Waals surface area contributed by atoms with E-state index in [1.807, 2.05) is 72.9 Å². The van der Waals surface area contributed by atoms with Crippen molar-refractivity contribution in [3.8, 4) is 11.6 Å². The van der Waals surface area contributed by atoms with Gasteiger partial charge in [-0.3, -0.25) is 0 Å². The van der Waals surface area contributed by atoms with Gasteiger partial charge in [-0.15, -0.1) is 0 Å². The van der Waals surface area contributed by atoms with Crippen molar-refractivity contribution < 1.29 is 4.74 Å². The molecule has 0 saturated heterocycles. The number of hydrogen-bond donors (Lipinski definition) is 1. The Labute approximate surface area is 140 Å². The Bertz CT molecular complexity index is 970. The lowest BCUT2D eigenvalue weighted by Crippen LogP contribution is -1.84. The number of rotatable bonds is 4. The largest absolute Gasteiger partial charge is 0.441 e. The Balaban J connectivity index is 1.50. The number of pyridine rings is 1. The van der Waals surface area contributed by atoms with E-state index in [1.54, 1.807) is 0 Å². The molecule has 0 atom stereocenters. The molecule has 1 N–H and O–H groups in total. The summed E-state index contributed by atoms with van der Waals surface area (Å²) in [5, 5.41) is 1.15. The van der Waals surface area contributed by atoms with Gasteiger partial charge in [0.2, 0.25) is 0 Å². The summed E-state index contributed by atoms with van der Waals surface area (Å²) in [4.78, 5) is 7.66. The number of aromatic amines is 1. The molecule has 0 bridgehead atoms. The second-order valence-corrected chi connectivity index (χ2v) is 5.47. The van der Waals surface area contributed by atoms with E-state index in [9.17, 15) is 0 Å². The Morgan fingerprint density at radius 2 is 1.67 bits per heavy atom. The standard InChI is InChI=1S/C21H16N2O/c1-2-5-20-17(4-1)10-12-18(23-20)11-7-16-8-13-19(14-9-16)24-21-6-3-15-22-21/h1-15,22H. The van der Waals surface area contributed by atoms with E-state index in [0.29, 0.717) is 0 Å². The minimum atomic E-state index is 0.735. The Morgan fingerprint density at radius 3 is 2.50 bits per heavy atom. The zero-order chi connectivity index (χ0) is 16.2. The molecule has 4 aromatic rings. The van der Waals surface area contributed by atoms with Crippen LogP contribution in [-0.2, 0) is 0 Å². The molecule has 0 aliphatic heterocycles. The van der Waals surface area contributed by atoms with Crippen molar-refractivity contribution in [3.05, 3.63) is 90.3 Å². The van der Waals surface area contributed by atoms with E-state index >= 15 is 0 Å². The highest BCUT2D eigenvalue weighted by Gasteiger charge is 1.98. The van der Waals surface area contributed by atoms with E-state index in [1.165, 1.54) is 0 Å². The predicted molar refractivity (Wildman–Crippen MR) is 98.0 cm³/mol. The number of nitrogens with one attached hydrogen (secondary N) is 1. The number of ether oxygens (including phenoxy) is 1. The monoisotopic (exact) mass is 312 g/mol. The first-order valence-corrected chi connectivity index (χ1v) is 7.82. The minimum Gasteiger partial charge on any atom is -0.441 e. The summed E-state index contributed by atoms with van der Waals surface area (Å²) in [5.74, 6) is 1.54. The van der Waals surface area contributed by atoms with Crippen LogP contribution in [0.15, 0.2) is 79.0 Å². The molecule has 24 heavy (non-hydrogen) atoms. The molecule has 0 fully saturated rings. The summed E-state index contributed by atoms with van der Waals surface area (Å²) in [7, 11) is 0. The van der Waals surface area contributed by atoms with Gasteiger partial charge in [-0.25, -0.2) is 4.98 Å². The molecule has 0 saturated carbocycles. The van der Waals surface area contributed by atoms with Gasteiger partial charge in [-0.2, -0.15) is 0 Å². The van der Waals surface area contributed by atoms with Gasteiger partial charge in [-0.05, 0) is 42.0 Å². The van der Waals surface area contributed by atoms with Crippen LogP contribution in [0.25, 0.3) is 23.1 Å². The van der Waals surface area contributed by atoms with E-state index in [0.717, 1.165) is 33.8 Å². The van der Waals surface area contributed by atoms with Gasteiger partial charge in [-0.1, -0.05) is 42.5 Å². The lowest BCUT2D eigenvalue weighted by atomic mass is 10.1. The third kappa shape index (κ3) is 3.20. The van der Waals surface area contributed by atoms with Crippen molar-refractivity contribution in [1.82, 2.24) is 9.97 Å². The first-order chi connectivity index (χ1) is 11.9. The summed E-state index contributed by atoms with van der Waals surface area (Å²) < 4.78 is 5.69. The summed E-state index contributed by atoms with van der Waals surface area (Å²) in [5.41, 5.74) is 3.05. The summed E-state index contributed by atoms with van der Waals surface area (Å²) >= 11 is 0. The fraction of sp³-hybridized carbons (Fsp3) is 0. The van der Waals surface area contributed by atoms with Crippen LogP contribution in [0.2, 0.25) is 0 Å². The molecule has 2 heterocycles. The van der Waals surface area contributed by atoms with Gasteiger partial charge in [0.05, 0.1) is 11.2 Å². The number of aromatic nitrogens is 2. The van der Waals surface area contributed by atoms with Crippen molar-refractivity contribution in [1.29, 1.82) is 0 Å². The highest BCUT2D eigenvalue weighted by molar-refractivity contribution is 5.80. The normalized spacial score (nSPS) is 11.2. The third-order valence-corrected chi connectivity index (χ3v) is 3.74. The number of fused-ring (bicyclic) bond motifs is 1. The highest BCUT2D eigenvalue weighted by Crippen LogP contribution is 2.20. The fourth-order valence-corrected chi connectivity index (χ4v) is 2.51. The van der Waals surface area contributed by atoms with Crippen LogP contribution in [0, 0.1) is 0 Å². The van der Waals surface area contributed by atoms with Crippen molar-refractivity contribution in [2.45, 2.75) is 0 Å². The molecule has 0 amide bonds. The smallest absolute Gasteiger partial charge is 0.197 e. The summed E-state index contributed by atoms with van der Waals surface area (Å²) in [6.07, 6.45) is 5.91. The number of para-hydroxylation sites is 1. The van der Waals surface area contributed by atoms with Gasteiger partial charge in [0.1, 0.15) is 5.75 Å². The fourth-order valence-electron chi connectivity index (χ4n) is 2.51. The van der Waals surface area contributed by atoms with Crippen molar-refractivity contribution in [3.63, 3.8) is 0 Å². The molecule has 3 heteroatoms. The summed E-state index contributed by atoms with van der Waals surface area (Å²) in [6.45, 7) is 0. The summed E-state index contributed by atoms with van der Waals surface area (Å²) in [6, 6.07) is 24.0. The second kappa shape index (κ2) is 6.42. The number of hydrogen-bond acceptors (Lipinski definition) is 2. The Hall–Kier alpha value is -3.33. The highest BCUT2D eigenvalue weighted by atomic mass is 16.5. The molecule has 116 valence electrons. The van der Waals surface area contributed by atoms with Crippen LogP contribution in [0.3, 0.4) is 0 Å². The van der Waals surface area contributed by atoms with Crippen LogP contribution < -0.4 is 4.74 Å². The third-order valence-electron chi connectivity index (χ3n) is 3.74. The lowest BCUT2D eigenvalue weighted by molar-refractivity contribution is 0.466. The van der Waals surface area contributed by atoms with Crippen LogP contribution in [0.5, 0.6) is 11.6 Å². The van der Waals surface area contributed by atoms with Crippen LogP contribution in [0.4, 0.5) is 0 Å².